The van der Waals surface area contributed by atoms with Crippen molar-refractivity contribution >= 4 is 7.05 Å². The lowest BCUT2D eigenvalue weighted by Crippen LogP contribution is -2.38. The van der Waals surface area contributed by atoms with Gasteiger partial charge in [0.25, 0.3) is 0 Å². The van der Waals surface area contributed by atoms with Crippen molar-refractivity contribution in [1.82, 2.24) is 20.0 Å². The van der Waals surface area contributed by atoms with Crippen LogP contribution in [0.25, 0.3) is 0 Å². The molecule has 0 radical (unpaired) electrons. The number of benzene rings is 1. The monoisotopic (exact) mass is 298 g/mol. The highest BCUT2D eigenvalue weighted by Gasteiger charge is 2.30. The standard InChI is InChI=1S/C16H23BN4O/c1-17(22)18-14-9-8-13(11-14)16-20-19-15(21(16)2)10-12-6-4-3-5-7-12/h3-7,13-14,18,22H,8-11H2,1-2H3. The van der Waals surface area contributed by atoms with Crippen molar-refractivity contribution in [3.63, 3.8) is 0 Å². The molecule has 1 aromatic heterocycles. The molecule has 0 aliphatic heterocycles. The van der Waals surface area contributed by atoms with Crippen LogP contribution in [-0.4, -0.2) is 32.9 Å². The van der Waals surface area contributed by atoms with Gasteiger partial charge in [-0.05, 0) is 37.7 Å². The van der Waals surface area contributed by atoms with E-state index in [9.17, 15) is 5.02 Å². The summed E-state index contributed by atoms with van der Waals surface area (Å²) in [6.45, 7) is 1.77. The third kappa shape index (κ3) is 3.39. The highest BCUT2D eigenvalue weighted by atomic mass is 16.2. The maximum Gasteiger partial charge on any atom is 0.373 e. The Hall–Kier alpha value is -1.66. The molecule has 0 spiro atoms. The normalized spacial score (nSPS) is 21.2. The van der Waals surface area contributed by atoms with Crippen LogP contribution in [0, 0.1) is 0 Å². The van der Waals surface area contributed by atoms with Gasteiger partial charge in [-0.15, -0.1) is 10.2 Å². The molecule has 2 aromatic rings. The molecule has 0 saturated heterocycles. The van der Waals surface area contributed by atoms with E-state index >= 15 is 0 Å². The van der Waals surface area contributed by atoms with E-state index < -0.39 is 7.05 Å². The van der Waals surface area contributed by atoms with E-state index in [0.29, 0.717) is 12.0 Å². The first-order valence-corrected chi connectivity index (χ1v) is 7.99. The maximum absolute atomic E-state index is 9.45. The van der Waals surface area contributed by atoms with Gasteiger partial charge in [0.1, 0.15) is 11.6 Å². The van der Waals surface area contributed by atoms with Crippen LogP contribution < -0.4 is 5.23 Å². The van der Waals surface area contributed by atoms with E-state index in [0.717, 1.165) is 37.3 Å². The van der Waals surface area contributed by atoms with Crippen LogP contribution in [0.2, 0.25) is 6.82 Å². The molecular formula is C16H23BN4O. The van der Waals surface area contributed by atoms with Crippen LogP contribution in [0.5, 0.6) is 0 Å². The topological polar surface area (TPSA) is 63.0 Å². The Morgan fingerprint density at radius 3 is 2.77 bits per heavy atom. The smallest absolute Gasteiger partial charge is 0.373 e. The third-order valence-corrected chi connectivity index (χ3v) is 4.48. The van der Waals surface area contributed by atoms with Gasteiger partial charge in [0.15, 0.2) is 0 Å². The maximum atomic E-state index is 9.45. The lowest BCUT2D eigenvalue weighted by molar-refractivity contribution is 0.512. The summed E-state index contributed by atoms with van der Waals surface area (Å²) in [7, 11) is 1.61. The third-order valence-electron chi connectivity index (χ3n) is 4.48. The Kier molecular flexibility index (Phi) is 4.59. The van der Waals surface area contributed by atoms with Gasteiger partial charge in [-0.3, -0.25) is 0 Å². The second-order valence-corrected chi connectivity index (χ2v) is 6.25. The van der Waals surface area contributed by atoms with Crippen LogP contribution in [0.15, 0.2) is 30.3 Å². The average Bonchev–Trinajstić information content (AvgIpc) is 3.07. The summed E-state index contributed by atoms with van der Waals surface area (Å²) in [5.41, 5.74) is 1.25. The number of hydrogen-bond donors (Lipinski definition) is 2. The van der Waals surface area contributed by atoms with Crippen LogP contribution in [-0.2, 0) is 13.5 Å². The van der Waals surface area contributed by atoms with Gasteiger partial charge in [-0.1, -0.05) is 30.3 Å². The van der Waals surface area contributed by atoms with Crippen LogP contribution in [0.1, 0.15) is 42.4 Å². The minimum Gasteiger partial charge on any atom is -0.437 e. The van der Waals surface area contributed by atoms with Gasteiger partial charge >= 0.3 is 7.05 Å². The summed E-state index contributed by atoms with van der Waals surface area (Å²) in [5.74, 6) is 2.51. The molecule has 1 fully saturated rings. The van der Waals surface area contributed by atoms with E-state index in [2.05, 4.69) is 51.3 Å². The Labute approximate surface area is 131 Å². The van der Waals surface area contributed by atoms with Crippen molar-refractivity contribution in [3.05, 3.63) is 47.5 Å². The van der Waals surface area contributed by atoms with Crippen LogP contribution in [0.4, 0.5) is 0 Å². The first-order valence-electron chi connectivity index (χ1n) is 7.99. The molecule has 6 heteroatoms. The Bertz CT molecular complexity index is 614. The van der Waals surface area contributed by atoms with Crippen LogP contribution in [0.3, 0.4) is 0 Å². The molecule has 0 amide bonds. The van der Waals surface area contributed by atoms with E-state index in [1.807, 2.05) is 6.07 Å². The SMILES string of the molecule is CB(O)NC1CCC(c2nnc(Cc3ccccc3)n2C)C1. The summed E-state index contributed by atoms with van der Waals surface area (Å²) in [4.78, 5) is 0. The quantitative estimate of drug-likeness (QED) is 0.825. The second-order valence-electron chi connectivity index (χ2n) is 6.25. The Morgan fingerprint density at radius 1 is 1.27 bits per heavy atom. The number of nitrogens with zero attached hydrogens (tertiary/aromatic N) is 3. The van der Waals surface area contributed by atoms with Gasteiger partial charge in [0.2, 0.25) is 0 Å². The highest BCUT2D eigenvalue weighted by Crippen LogP contribution is 2.33. The van der Waals surface area contributed by atoms with E-state index in [4.69, 9.17) is 0 Å². The number of hydrogen-bond acceptors (Lipinski definition) is 4. The lowest BCUT2D eigenvalue weighted by Gasteiger charge is -2.13. The van der Waals surface area contributed by atoms with E-state index in [-0.39, 0.29) is 0 Å². The summed E-state index contributed by atoms with van der Waals surface area (Å²) in [6, 6.07) is 10.7. The molecule has 1 heterocycles. The highest BCUT2D eigenvalue weighted by molar-refractivity contribution is 6.45. The Morgan fingerprint density at radius 2 is 2.05 bits per heavy atom. The van der Waals surface area contributed by atoms with Gasteiger partial charge in [0, 0.05) is 19.4 Å². The molecule has 1 aliphatic rings. The number of nitrogens with one attached hydrogen (secondary N) is 1. The van der Waals surface area contributed by atoms with Gasteiger partial charge in [0.05, 0.1) is 0 Å². The van der Waals surface area contributed by atoms with Crippen molar-refractivity contribution in [2.45, 2.75) is 44.5 Å². The average molecular weight is 298 g/mol. The molecule has 2 unspecified atom stereocenters. The molecule has 1 aromatic carbocycles. The fraction of sp³-hybridized carbons (Fsp3) is 0.500. The van der Waals surface area contributed by atoms with Crippen LogP contribution >= 0.6 is 0 Å². The molecule has 3 rings (SSSR count). The Balaban J connectivity index is 1.69. The van der Waals surface area contributed by atoms with Gasteiger partial charge < -0.3 is 14.8 Å². The van der Waals surface area contributed by atoms with Crippen molar-refractivity contribution in [2.24, 2.45) is 7.05 Å². The first kappa shape index (κ1) is 15.2. The summed E-state index contributed by atoms with van der Waals surface area (Å²) >= 11 is 0. The van der Waals surface area contributed by atoms with Crippen molar-refractivity contribution in [3.8, 4) is 0 Å². The molecule has 22 heavy (non-hydrogen) atoms. The van der Waals surface area contributed by atoms with Gasteiger partial charge in [-0.25, -0.2) is 0 Å². The predicted octanol–water partition coefficient (Wildman–Crippen LogP) is 1.74. The van der Waals surface area contributed by atoms with Gasteiger partial charge in [-0.2, -0.15) is 0 Å². The minimum absolute atomic E-state index is 0.374. The molecule has 5 nitrogen and oxygen atoms in total. The number of aromatic nitrogens is 3. The van der Waals surface area contributed by atoms with Crippen molar-refractivity contribution < 1.29 is 5.02 Å². The summed E-state index contributed by atoms with van der Waals surface area (Å²) in [6.07, 6.45) is 4.01. The lowest BCUT2D eigenvalue weighted by atomic mass is 9.87. The zero-order valence-electron chi connectivity index (χ0n) is 13.2. The minimum atomic E-state index is -0.447. The summed E-state index contributed by atoms with van der Waals surface area (Å²) < 4.78 is 2.14. The van der Waals surface area contributed by atoms with E-state index in [1.54, 1.807) is 6.82 Å². The number of rotatable bonds is 5. The molecule has 116 valence electrons. The zero-order valence-corrected chi connectivity index (χ0v) is 13.2. The predicted molar refractivity (Wildman–Crippen MR) is 87.6 cm³/mol. The van der Waals surface area contributed by atoms with Crippen molar-refractivity contribution in [1.29, 1.82) is 0 Å². The molecule has 2 atom stereocenters. The first-order chi connectivity index (χ1) is 10.6. The second kappa shape index (κ2) is 6.63. The van der Waals surface area contributed by atoms with Crippen molar-refractivity contribution in [2.75, 3.05) is 0 Å². The summed E-state index contributed by atoms with van der Waals surface area (Å²) in [5, 5.41) is 21.5. The largest absolute Gasteiger partial charge is 0.437 e. The fourth-order valence-corrected chi connectivity index (χ4v) is 3.37. The van der Waals surface area contributed by atoms with E-state index in [1.165, 1.54) is 5.56 Å². The molecule has 1 aliphatic carbocycles. The molecule has 1 saturated carbocycles. The zero-order chi connectivity index (χ0) is 15.5. The molecule has 0 bridgehead atoms. The molecular weight excluding hydrogens is 275 g/mol. The molecule has 2 N–H and O–H groups in total. The fourth-order valence-electron chi connectivity index (χ4n) is 3.37.